The summed E-state index contributed by atoms with van der Waals surface area (Å²) >= 11 is 1.69. The number of hydrogen-bond donors (Lipinski definition) is 0. The van der Waals surface area contributed by atoms with Crippen LogP contribution in [0.5, 0.6) is 0 Å². The third-order valence-electron chi connectivity index (χ3n) is 3.86. The van der Waals surface area contributed by atoms with Crippen LogP contribution >= 0.6 is 19.0 Å². The molecule has 0 fully saturated rings. The molecule has 0 unspecified atom stereocenters. The van der Waals surface area contributed by atoms with E-state index in [1.165, 1.54) is 15.9 Å². The third kappa shape index (κ3) is 4.28. The van der Waals surface area contributed by atoms with Crippen LogP contribution in [-0.4, -0.2) is 5.75 Å². The maximum Gasteiger partial charge on any atom is 0.190 e. The first-order valence-electron chi connectivity index (χ1n) is 8.08. The highest BCUT2D eigenvalue weighted by Gasteiger charge is 2.44. The highest BCUT2D eigenvalue weighted by Crippen LogP contribution is 2.54. The Bertz CT molecular complexity index is 727. The van der Waals surface area contributed by atoms with Crippen molar-refractivity contribution in [2.24, 2.45) is 0 Å². The SMILES string of the molecule is CCSC#C[P+](c1ccccc1)(c1ccccc1)c1ccccc1.[Cl-]. The molecule has 0 saturated heterocycles. The van der Waals surface area contributed by atoms with Crippen molar-refractivity contribution in [2.45, 2.75) is 6.92 Å². The Hall–Kier alpha value is -1.71. The van der Waals surface area contributed by atoms with Crippen molar-refractivity contribution in [2.75, 3.05) is 5.75 Å². The second-order valence-electron chi connectivity index (χ2n) is 5.32. The lowest BCUT2D eigenvalue weighted by molar-refractivity contribution is -0.00000458. The smallest absolute Gasteiger partial charge is 0.190 e. The van der Waals surface area contributed by atoms with Gasteiger partial charge in [-0.15, -0.1) is 0 Å². The number of halogens is 1. The summed E-state index contributed by atoms with van der Waals surface area (Å²) in [6, 6.07) is 32.2. The van der Waals surface area contributed by atoms with E-state index in [9.17, 15) is 0 Å². The molecule has 3 aromatic carbocycles. The van der Waals surface area contributed by atoms with Gasteiger partial charge in [0.05, 0.1) is 0 Å². The van der Waals surface area contributed by atoms with Crippen molar-refractivity contribution >= 4 is 34.9 Å². The summed E-state index contributed by atoms with van der Waals surface area (Å²) in [6.45, 7) is 2.15. The molecule has 0 N–H and O–H groups in total. The van der Waals surface area contributed by atoms with Crippen LogP contribution in [0, 0.1) is 10.9 Å². The summed E-state index contributed by atoms with van der Waals surface area (Å²) in [5, 5.41) is 7.32. The number of hydrogen-bond acceptors (Lipinski definition) is 1. The second kappa shape index (κ2) is 9.69. The van der Waals surface area contributed by atoms with Crippen LogP contribution in [0.25, 0.3) is 0 Å². The summed E-state index contributed by atoms with van der Waals surface area (Å²) in [4.78, 5) is 0. The zero-order valence-corrected chi connectivity index (χ0v) is 16.6. The molecule has 0 spiro atoms. The Kier molecular flexibility index (Phi) is 7.60. The minimum atomic E-state index is -1.96. The molecule has 126 valence electrons. The van der Waals surface area contributed by atoms with Crippen LogP contribution in [0.3, 0.4) is 0 Å². The molecule has 25 heavy (non-hydrogen) atoms. The summed E-state index contributed by atoms with van der Waals surface area (Å²) in [5.41, 5.74) is 3.71. The molecular weight excluding hydrogens is 363 g/mol. The maximum absolute atomic E-state index is 3.71. The van der Waals surface area contributed by atoms with E-state index in [0.717, 1.165) is 5.75 Å². The van der Waals surface area contributed by atoms with Crippen LogP contribution in [0.4, 0.5) is 0 Å². The molecule has 0 nitrogen and oxygen atoms in total. The first-order chi connectivity index (χ1) is 11.9. The van der Waals surface area contributed by atoms with Gasteiger partial charge in [0.1, 0.15) is 21.6 Å². The van der Waals surface area contributed by atoms with Gasteiger partial charge in [0.15, 0.2) is 7.26 Å². The van der Waals surface area contributed by atoms with Gasteiger partial charge in [-0.05, 0) is 36.4 Å². The van der Waals surface area contributed by atoms with Crippen LogP contribution in [0.15, 0.2) is 91.0 Å². The molecule has 0 heterocycles. The average Bonchev–Trinajstić information content (AvgIpc) is 2.68. The molecule has 0 aliphatic rings. The Morgan fingerprint density at radius 3 is 1.36 bits per heavy atom. The number of benzene rings is 3. The standard InChI is InChI=1S/C22H20PS.ClH/c1-2-24-19-18-23(20-12-6-3-7-13-20,21-14-8-4-9-15-21)22-16-10-5-11-17-22;/h3-17H,2H2,1H3;1H/q+1;/p-1. The van der Waals surface area contributed by atoms with Gasteiger partial charge in [0.2, 0.25) is 0 Å². The Labute approximate surface area is 161 Å². The molecular formula is C22H20ClPS. The van der Waals surface area contributed by atoms with Crippen LogP contribution in [0.2, 0.25) is 0 Å². The molecule has 0 saturated carbocycles. The molecule has 0 aliphatic heterocycles. The molecule has 3 aromatic rings. The predicted molar refractivity (Wildman–Crippen MR) is 111 cm³/mol. The van der Waals surface area contributed by atoms with Gasteiger partial charge in [-0.25, -0.2) is 0 Å². The summed E-state index contributed by atoms with van der Waals surface area (Å²) in [5.74, 6) is 1.01. The first-order valence-corrected chi connectivity index (χ1v) is 10.9. The van der Waals surface area contributed by atoms with Crippen molar-refractivity contribution in [3.05, 3.63) is 91.0 Å². The fraction of sp³-hybridized carbons (Fsp3) is 0.0909. The molecule has 0 aliphatic carbocycles. The first kappa shape index (κ1) is 19.6. The van der Waals surface area contributed by atoms with Crippen molar-refractivity contribution in [3.63, 3.8) is 0 Å². The lowest BCUT2D eigenvalue weighted by atomic mass is 10.4. The minimum absolute atomic E-state index is 0. The fourth-order valence-corrected chi connectivity index (χ4v) is 6.86. The lowest BCUT2D eigenvalue weighted by Gasteiger charge is -2.20. The minimum Gasteiger partial charge on any atom is -1.00 e. The predicted octanol–water partition coefficient (Wildman–Crippen LogP) is 1.66. The highest BCUT2D eigenvalue weighted by molar-refractivity contribution is 8.05. The largest absolute Gasteiger partial charge is 1.00 e. The van der Waals surface area contributed by atoms with Crippen LogP contribution < -0.4 is 28.3 Å². The Morgan fingerprint density at radius 1 is 0.680 bits per heavy atom. The quantitative estimate of drug-likeness (QED) is 0.488. The molecule has 0 atom stereocenters. The monoisotopic (exact) mass is 382 g/mol. The highest BCUT2D eigenvalue weighted by atomic mass is 35.5. The van der Waals surface area contributed by atoms with Crippen molar-refractivity contribution in [1.82, 2.24) is 0 Å². The van der Waals surface area contributed by atoms with Gasteiger partial charge in [-0.1, -0.05) is 73.3 Å². The van der Waals surface area contributed by atoms with Gasteiger partial charge in [-0.3, -0.25) is 0 Å². The van der Waals surface area contributed by atoms with Crippen molar-refractivity contribution < 1.29 is 12.4 Å². The van der Waals surface area contributed by atoms with E-state index in [2.05, 4.69) is 109 Å². The maximum atomic E-state index is 3.71. The molecule has 3 heteroatoms. The lowest BCUT2D eigenvalue weighted by Crippen LogP contribution is -3.00. The Morgan fingerprint density at radius 2 is 1.04 bits per heavy atom. The van der Waals surface area contributed by atoms with Gasteiger partial charge < -0.3 is 12.4 Å². The van der Waals surface area contributed by atoms with Crippen molar-refractivity contribution in [3.8, 4) is 10.9 Å². The second-order valence-corrected chi connectivity index (χ2v) is 9.51. The van der Waals surface area contributed by atoms with Crippen LogP contribution in [-0.2, 0) is 0 Å². The van der Waals surface area contributed by atoms with Crippen LogP contribution in [0.1, 0.15) is 6.92 Å². The molecule has 0 radical (unpaired) electrons. The fourth-order valence-electron chi connectivity index (χ4n) is 2.77. The van der Waals surface area contributed by atoms with E-state index < -0.39 is 7.26 Å². The van der Waals surface area contributed by atoms with Gasteiger partial charge in [-0.2, -0.15) is 0 Å². The van der Waals surface area contributed by atoms with E-state index >= 15 is 0 Å². The average molecular weight is 383 g/mol. The summed E-state index contributed by atoms with van der Waals surface area (Å²) in [7, 11) is -1.96. The normalized spacial score (nSPS) is 10.3. The zero-order valence-electron chi connectivity index (χ0n) is 14.1. The van der Waals surface area contributed by atoms with E-state index in [-0.39, 0.29) is 12.4 Å². The molecule has 0 aromatic heterocycles. The summed E-state index contributed by atoms with van der Waals surface area (Å²) < 4.78 is 0. The topological polar surface area (TPSA) is 0 Å². The zero-order chi connectivity index (χ0) is 16.7. The van der Waals surface area contributed by atoms with Crippen molar-refractivity contribution in [1.29, 1.82) is 0 Å². The molecule has 3 rings (SSSR count). The van der Waals surface area contributed by atoms with Gasteiger partial charge >= 0.3 is 0 Å². The van der Waals surface area contributed by atoms with E-state index in [0.29, 0.717) is 0 Å². The number of thioether (sulfide) groups is 1. The third-order valence-corrected chi connectivity index (χ3v) is 8.21. The molecule has 0 amide bonds. The van der Waals surface area contributed by atoms with E-state index in [1.54, 1.807) is 11.8 Å². The van der Waals surface area contributed by atoms with Gasteiger partial charge in [0.25, 0.3) is 0 Å². The Balaban J connectivity index is 0.00000225. The number of rotatable bonds is 4. The van der Waals surface area contributed by atoms with E-state index in [1.807, 2.05) is 0 Å². The summed E-state index contributed by atoms with van der Waals surface area (Å²) in [6.07, 6.45) is 0. The molecule has 0 bridgehead atoms. The van der Waals surface area contributed by atoms with E-state index in [4.69, 9.17) is 0 Å². The van der Waals surface area contributed by atoms with Gasteiger partial charge in [0, 0.05) is 11.0 Å².